The first-order chi connectivity index (χ1) is 17.5. The monoisotopic (exact) mass is 506 g/mol. The van der Waals surface area contributed by atoms with Crippen molar-refractivity contribution in [2.24, 2.45) is 0 Å². The van der Waals surface area contributed by atoms with E-state index < -0.39 is 11.8 Å². The van der Waals surface area contributed by atoms with Gasteiger partial charge in [-0.05, 0) is 54.8 Å². The van der Waals surface area contributed by atoms with Gasteiger partial charge >= 0.3 is 5.97 Å². The molecular weight excluding hydrogens is 471 g/mol. The Kier molecular flexibility index (Phi) is 13.2. The third-order valence-electron chi connectivity index (χ3n) is 4.91. The average Bonchev–Trinajstić information content (AvgIpc) is 2.86. The zero-order valence-corrected chi connectivity index (χ0v) is 21.1. The first-order valence-corrected chi connectivity index (χ1v) is 11.9. The largest absolute Gasteiger partial charge is 0.490 e. The van der Waals surface area contributed by atoms with E-state index in [2.05, 4.69) is 6.92 Å². The van der Waals surface area contributed by atoms with Crippen LogP contribution >= 0.6 is 0 Å². The second-order valence-electron chi connectivity index (χ2n) is 7.68. The van der Waals surface area contributed by atoms with Gasteiger partial charge in [0.2, 0.25) is 5.76 Å². The van der Waals surface area contributed by atoms with Gasteiger partial charge in [-0.25, -0.2) is 9.18 Å². The Labute approximate surface area is 211 Å². The van der Waals surface area contributed by atoms with Crippen molar-refractivity contribution < 1.29 is 42.7 Å². The van der Waals surface area contributed by atoms with Crippen molar-refractivity contribution in [1.29, 1.82) is 0 Å². The number of carbonyl (C=O) groups is 1. The minimum Gasteiger partial charge on any atom is -0.490 e. The summed E-state index contributed by atoms with van der Waals surface area (Å²) in [6.45, 7) is 5.55. The molecule has 0 bridgehead atoms. The van der Waals surface area contributed by atoms with Gasteiger partial charge in [-0.2, -0.15) is 0 Å². The number of hydrogen-bond donors (Lipinski definition) is 1. The summed E-state index contributed by atoms with van der Waals surface area (Å²) in [4.78, 5) is 11.4. The maximum atomic E-state index is 14.3. The zero-order chi connectivity index (χ0) is 26.2. The lowest BCUT2D eigenvalue weighted by atomic mass is 10.1. The fourth-order valence-electron chi connectivity index (χ4n) is 3.05. The molecule has 0 atom stereocenters. The van der Waals surface area contributed by atoms with Crippen LogP contribution in [0.15, 0.2) is 42.2 Å². The number of rotatable bonds is 18. The Morgan fingerprint density at radius 3 is 2.42 bits per heavy atom. The molecule has 0 heterocycles. The lowest BCUT2D eigenvalue weighted by Gasteiger charge is -2.14. The van der Waals surface area contributed by atoms with Crippen LogP contribution in [-0.4, -0.2) is 58.0 Å². The number of benzene rings is 2. The van der Waals surface area contributed by atoms with E-state index in [1.54, 1.807) is 44.4 Å². The first-order valence-electron chi connectivity index (χ1n) is 11.9. The van der Waals surface area contributed by atoms with Gasteiger partial charge < -0.3 is 33.5 Å². The molecule has 36 heavy (non-hydrogen) atoms. The highest BCUT2D eigenvalue weighted by Gasteiger charge is 2.12. The molecule has 0 saturated heterocycles. The molecule has 0 saturated carbocycles. The van der Waals surface area contributed by atoms with E-state index in [-0.39, 0.29) is 24.9 Å². The maximum absolute atomic E-state index is 14.3. The van der Waals surface area contributed by atoms with Crippen molar-refractivity contribution in [1.82, 2.24) is 0 Å². The molecule has 0 amide bonds. The summed E-state index contributed by atoms with van der Waals surface area (Å²) in [5.41, 5.74) is 1.36. The second kappa shape index (κ2) is 16.4. The van der Waals surface area contributed by atoms with Crippen molar-refractivity contribution >= 4 is 12.0 Å². The first kappa shape index (κ1) is 28.9. The summed E-state index contributed by atoms with van der Waals surface area (Å²) in [7, 11) is 1.57. The molecule has 2 aromatic rings. The minimum absolute atomic E-state index is 0.0622. The maximum Gasteiger partial charge on any atom is 0.371 e. The highest BCUT2D eigenvalue weighted by molar-refractivity contribution is 5.90. The Morgan fingerprint density at radius 2 is 1.72 bits per heavy atom. The van der Waals surface area contributed by atoms with E-state index in [0.717, 1.165) is 18.4 Å². The van der Waals surface area contributed by atoms with Gasteiger partial charge in [0.1, 0.15) is 0 Å². The average molecular weight is 507 g/mol. The van der Waals surface area contributed by atoms with Gasteiger partial charge in [0, 0.05) is 13.5 Å². The van der Waals surface area contributed by atoms with Crippen molar-refractivity contribution in [3.05, 3.63) is 59.1 Å². The Bertz CT molecular complexity index is 976. The minimum atomic E-state index is -1.15. The smallest absolute Gasteiger partial charge is 0.371 e. The van der Waals surface area contributed by atoms with Crippen LogP contribution < -0.4 is 14.2 Å². The summed E-state index contributed by atoms with van der Waals surface area (Å²) >= 11 is 0. The predicted molar refractivity (Wildman–Crippen MR) is 133 cm³/mol. The topological polar surface area (TPSA) is 92.7 Å². The van der Waals surface area contributed by atoms with Crippen LogP contribution in [0.1, 0.15) is 37.8 Å². The summed E-state index contributed by atoms with van der Waals surface area (Å²) in [5, 5.41) is 9.30. The zero-order valence-electron chi connectivity index (χ0n) is 21.1. The van der Waals surface area contributed by atoms with E-state index in [1.165, 1.54) is 12.1 Å². The lowest BCUT2D eigenvalue weighted by Crippen LogP contribution is -2.09. The van der Waals surface area contributed by atoms with Crippen LogP contribution in [0.5, 0.6) is 17.2 Å². The van der Waals surface area contributed by atoms with Crippen LogP contribution in [-0.2, 0) is 25.4 Å². The fraction of sp³-hybridized carbons (Fsp3) is 0.444. The van der Waals surface area contributed by atoms with Gasteiger partial charge in [0.25, 0.3) is 0 Å². The third kappa shape index (κ3) is 10.1. The number of unbranched alkanes of at least 4 members (excludes halogenated alkanes) is 1. The summed E-state index contributed by atoms with van der Waals surface area (Å²) in [5.74, 6) is -0.646. The molecule has 198 valence electrons. The van der Waals surface area contributed by atoms with Crippen molar-refractivity contribution in [3.8, 4) is 17.2 Å². The molecular formula is C27H35FO8. The van der Waals surface area contributed by atoms with Gasteiger partial charge in [0.05, 0.1) is 33.0 Å². The van der Waals surface area contributed by atoms with Gasteiger partial charge in [-0.3, -0.25) is 0 Å². The number of ether oxygens (including phenoxy) is 6. The van der Waals surface area contributed by atoms with Crippen LogP contribution in [0.2, 0.25) is 0 Å². The number of hydrogen-bond acceptors (Lipinski definition) is 7. The third-order valence-corrected chi connectivity index (χ3v) is 4.91. The van der Waals surface area contributed by atoms with Gasteiger partial charge in [0.15, 0.2) is 29.9 Å². The molecule has 0 aromatic heterocycles. The number of carboxylic acids is 1. The van der Waals surface area contributed by atoms with E-state index in [1.807, 2.05) is 0 Å². The molecule has 1 N–H and O–H groups in total. The number of aliphatic carboxylic acids is 1. The molecule has 9 heteroatoms. The molecule has 0 unspecified atom stereocenters. The summed E-state index contributed by atoms with van der Waals surface area (Å²) in [6.07, 6.45) is 3.74. The molecule has 0 aliphatic carbocycles. The van der Waals surface area contributed by atoms with Crippen LogP contribution in [0.4, 0.5) is 4.39 Å². The Hall–Kier alpha value is -3.30. The van der Waals surface area contributed by atoms with E-state index >= 15 is 0 Å². The fourth-order valence-corrected chi connectivity index (χ4v) is 3.05. The standard InChI is InChI=1S/C27H35FO8/c1-4-6-12-34-25-17-21(18-26(27(29)30)33-5-2)8-10-24(25)35-13-11-20-7-9-23(22(28)16-20)36-19-32-15-14-31-3/h7-10,16-18H,4-6,11-15,19H2,1-3H3,(H,29,30). The number of halogens is 1. The quantitative estimate of drug-likeness (QED) is 0.129. The van der Waals surface area contributed by atoms with Crippen LogP contribution in [0.25, 0.3) is 6.08 Å². The highest BCUT2D eigenvalue weighted by atomic mass is 19.1. The summed E-state index contributed by atoms with van der Waals surface area (Å²) in [6, 6.07) is 9.90. The SMILES string of the molecule is CCCCOc1cc(C=C(OCC)C(=O)O)ccc1OCCc1ccc(OCOCCOC)c(F)c1. The molecule has 2 rings (SSSR count). The lowest BCUT2D eigenvalue weighted by molar-refractivity contribution is -0.136. The highest BCUT2D eigenvalue weighted by Crippen LogP contribution is 2.30. The van der Waals surface area contributed by atoms with E-state index in [0.29, 0.717) is 49.9 Å². The molecule has 0 spiro atoms. The van der Waals surface area contributed by atoms with Crippen LogP contribution in [0, 0.1) is 5.82 Å². The molecule has 2 aromatic carbocycles. The van der Waals surface area contributed by atoms with Crippen LogP contribution in [0.3, 0.4) is 0 Å². The normalized spacial score (nSPS) is 11.3. The predicted octanol–water partition coefficient (Wildman–Crippen LogP) is 5.09. The van der Waals surface area contributed by atoms with E-state index in [9.17, 15) is 14.3 Å². The summed E-state index contributed by atoms with van der Waals surface area (Å²) < 4.78 is 46.7. The second-order valence-corrected chi connectivity index (χ2v) is 7.68. The number of methoxy groups -OCH3 is 1. The van der Waals surface area contributed by atoms with Gasteiger partial charge in [-0.1, -0.05) is 25.5 Å². The Balaban J connectivity index is 2.01. The van der Waals surface area contributed by atoms with Gasteiger partial charge in [-0.15, -0.1) is 0 Å². The van der Waals surface area contributed by atoms with Crippen molar-refractivity contribution in [2.45, 2.75) is 33.1 Å². The van der Waals surface area contributed by atoms with E-state index in [4.69, 9.17) is 28.4 Å². The van der Waals surface area contributed by atoms with Crippen molar-refractivity contribution in [3.63, 3.8) is 0 Å². The van der Waals surface area contributed by atoms with Crippen molar-refractivity contribution in [2.75, 3.05) is 46.9 Å². The molecule has 0 radical (unpaired) electrons. The molecule has 0 aliphatic heterocycles. The molecule has 0 aliphatic rings. The Morgan fingerprint density at radius 1 is 0.944 bits per heavy atom. The number of carboxylic acid groups (broad SMARTS) is 1. The molecule has 8 nitrogen and oxygen atoms in total. The molecule has 0 fully saturated rings.